The molecule has 0 spiro atoms. The monoisotopic (exact) mass is 468 g/mol. The molecule has 150 valence electrons. The van der Waals surface area contributed by atoms with Crippen LogP contribution in [-0.2, 0) is 16.6 Å². The average molecular weight is 470 g/mol. The van der Waals surface area contributed by atoms with Crippen LogP contribution in [0.5, 0.6) is 0 Å². The molecule has 0 saturated heterocycles. The molecule has 0 bridgehead atoms. The first-order valence-electron chi connectivity index (χ1n) is 8.36. The van der Waals surface area contributed by atoms with Gasteiger partial charge in [0.2, 0.25) is 0 Å². The minimum absolute atomic E-state index is 0.0200. The third-order valence-corrected chi connectivity index (χ3v) is 6.30. The molecule has 0 unspecified atom stereocenters. The Hall–Kier alpha value is -2.25. The Balaban J connectivity index is 1.82. The Kier molecular flexibility index (Phi) is 6.70. The number of rotatable bonds is 6. The van der Waals surface area contributed by atoms with Gasteiger partial charge in [-0.25, -0.2) is 8.42 Å². The van der Waals surface area contributed by atoms with Crippen LogP contribution in [0.1, 0.15) is 15.9 Å². The minimum Gasteiger partial charge on any atom is -0.348 e. The van der Waals surface area contributed by atoms with E-state index in [2.05, 4.69) is 10.0 Å². The van der Waals surface area contributed by atoms with Crippen molar-refractivity contribution in [2.24, 2.45) is 0 Å². The van der Waals surface area contributed by atoms with Crippen LogP contribution in [0.4, 0.5) is 5.69 Å². The summed E-state index contributed by atoms with van der Waals surface area (Å²) < 4.78 is 27.9. The van der Waals surface area contributed by atoms with Gasteiger partial charge < -0.3 is 5.32 Å². The van der Waals surface area contributed by atoms with Crippen LogP contribution in [0.3, 0.4) is 0 Å². The Labute approximate surface area is 183 Å². The number of benzene rings is 3. The highest BCUT2D eigenvalue weighted by atomic mass is 35.5. The molecule has 29 heavy (non-hydrogen) atoms. The molecular formula is C20H15Cl3N2O3S. The van der Waals surface area contributed by atoms with Gasteiger partial charge in [0, 0.05) is 16.6 Å². The van der Waals surface area contributed by atoms with Crippen LogP contribution < -0.4 is 10.0 Å². The van der Waals surface area contributed by atoms with E-state index in [0.717, 1.165) is 5.56 Å². The minimum atomic E-state index is -4.06. The quantitative estimate of drug-likeness (QED) is 0.509. The molecule has 1 amide bonds. The van der Waals surface area contributed by atoms with E-state index in [-0.39, 0.29) is 32.7 Å². The van der Waals surface area contributed by atoms with E-state index >= 15 is 0 Å². The Morgan fingerprint density at radius 1 is 0.862 bits per heavy atom. The van der Waals surface area contributed by atoms with Crippen LogP contribution in [0.2, 0.25) is 15.1 Å². The van der Waals surface area contributed by atoms with Gasteiger partial charge in [0.1, 0.15) is 4.90 Å². The standard InChI is InChI=1S/C20H15Cl3N2O3S/c21-14-7-5-13(6-8-14)12-24-20(26)16-3-1-2-4-18(16)25-29(27,28)19-11-15(22)9-10-17(19)23/h1-11,25H,12H2,(H,24,26). The summed E-state index contributed by atoms with van der Waals surface area (Å²) >= 11 is 17.8. The zero-order valence-electron chi connectivity index (χ0n) is 14.8. The Morgan fingerprint density at radius 3 is 2.24 bits per heavy atom. The van der Waals surface area contributed by atoms with Crippen molar-refractivity contribution < 1.29 is 13.2 Å². The van der Waals surface area contributed by atoms with Gasteiger partial charge in [0.25, 0.3) is 15.9 Å². The van der Waals surface area contributed by atoms with Gasteiger partial charge in [-0.3, -0.25) is 9.52 Å². The van der Waals surface area contributed by atoms with Crippen LogP contribution >= 0.6 is 34.8 Å². The molecule has 2 N–H and O–H groups in total. The smallest absolute Gasteiger partial charge is 0.263 e. The first-order chi connectivity index (χ1) is 13.8. The molecule has 3 rings (SSSR count). The van der Waals surface area contributed by atoms with E-state index in [1.165, 1.54) is 30.3 Å². The van der Waals surface area contributed by atoms with Gasteiger partial charge in [-0.1, -0.05) is 59.1 Å². The molecule has 0 fully saturated rings. The van der Waals surface area contributed by atoms with E-state index in [9.17, 15) is 13.2 Å². The molecular weight excluding hydrogens is 455 g/mol. The molecule has 0 aliphatic heterocycles. The first-order valence-corrected chi connectivity index (χ1v) is 11.0. The summed E-state index contributed by atoms with van der Waals surface area (Å²) in [4.78, 5) is 12.5. The second kappa shape index (κ2) is 9.05. The summed E-state index contributed by atoms with van der Waals surface area (Å²) in [5, 5.41) is 3.60. The molecule has 5 nitrogen and oxygen atoms in total. The van der Waals surface area contributed by atoms with Crippen molar-refractivity contribution in [1.82, 2.24) is 5.32 Å². The number of sulfonamides is 1. The summed E-state index contributed by atoms with van der Waals surface area (Å²) in [6, 6.07) is 17.4. The lowest BCUT2D eigenvalue weighted by Crippen LogP contribution is -2.25. The number of carbonyl (C=O) groups is 1. The fourth-order valence-corrected chi connectivity index (χ4v) is 4.50. The number of anilines is 1. The van der Waals surface area contributed by atoms with Crippen molar-refractivity contribution in [2.45, 2.75) is 11.4 Å². The number of para-hydroxylation sites is 1. The normalized spacial score (nSPS) is 11.1. The number of hydrogen-bond donors (Lipinski definition) is 2. The number of nitrogens with one attached hydrogen (secondary N) is 2. The number of halogens is 3. The number of hydrogen-bond acceptors (Lipinski definition) is 3. The van der Waals surface area contributed by atoms with Crippen molar-refractivity contribution in [3.63, 3.8) is 0 Å². The van der Waals surface area contributed by atoms with Gasteiger partial charge in [0.05, 0.1) is 16.3 Å². The lowest BCUT2D eigenvalue weighted by atomic mass is 10.1. The fourth-order valence-electron chi connectivity index (χ4n) is 2.53. The Morgan fingerprint density at radius 2 is 1.52 bits per heavy atom. The summed E-state index contributed by atoms with van der Waals surface area (Å²) in [5.74, 6) is -0.435. The van der Waals surface area contributed by atoms with E-state index in [4.69, 9.17) is 34.8 Å². The predicted molar refractivity (Wildman–Crippen MR) is 116 cm³/mol. The molecule has 0 heterocycles. The molecule has 0 radical (unpaired) electrons. The van der Waals surface area contributed by atoms with E-state index < -0.39 is 15.9 Å². The maximum Gasteiger partial charge on any atom is 0.263 e. The highest BCUT2D eigenvalue weighted by molar-refractivity contribution is 7.92. The zero-order chi connectivity index (χ0) is 21.0. The Bertz CT molecular complexity index is 1150. The molecule has 0 aliphatic carbocycles. The van der Waals surface area contributed by atoms with Crippen molar-refractivity contribution in [3.8, 4) is 0 Å². The highest BCUT2D eigenvalue weighted by Gasteiger charge is 2.21. The molecule has 3 aromatic rings. The van der Waals surface area contributed by atoms with Crippen molar-refractivity contribution in [2.75, 3.05) is 4.72 Å². The summed E-state index contributed by atoms with van der Waals surface area (Å²) in [6.07, 6.45) is 0. The maximum atomic E-state index is 12.8. The molecule has 3 aromatic carbocycles. The maximum absolute atomic E-state index is 12.8. The molecule has 0 aromatic heterocycles. The van der Waals surface area contributed by atoms with Crippen molar-refractivity contribution in [1.29, 1.82) is 0 Å². The number of amides is 1. The molecule has 0 aliphatic rings. The fraction of sp³-hybridized carbons (Fsp3) is 0.0500. The highest BCUT2D eigenvalue weighted by Crippen LogP contribution is 2.28. The predicted octanol–water partition coefficient (Wildman–Crippen LogP) is 5.38. The van der Waals surface area contributed by atoms with Crippen LogP contribution in [0.25, 0.3) is 0 Å². The molecule has 0 saturated carbocycles. The second-order valence-corrected chi connectivity index (χ2v) is 8.97. The van der Waals surface area contributed by atoms with Gasteiger partial charge in [-0.15, -0.1) is 0 Å². The van der Waals surface area contributed by atoms with E-state index in [1.807, 2.05) is 0 Å². The molecule has 0 atom stereocenters. The largest absolute Gasteiger partial charge is 0.348 e. The van der Waals surface area contributed by atoms with Gasteiger partial charge in [-0.05, 0) is 48.0 Å². The van der Waals surface area contributed by atoms with Gasteiger partial charge in [0.15, 0.2) is 0 Å². The lowest BCUT2D eigenvalue weighted by molar-refractivity contribution is 0.0952. The lowest BCUT2D eigenvalue weighted by Gasteiger charge is -2.14. The SMILES string of the molecule is O=C(NCc1ccc(Cl)cc1)c1ccccc1NS(=O)(=O)c1cc(Cl)ccc1Cl. The summed E-state index contributed by atoms with van der Waals surface area (Å²) in [7, 11) is -4.06. The van der Waals surface area contributed by atoms with Crippen LogP contribution in [0, 0.1) is 0 Å². The topological polar surface area (TPSA) is 75.3 Å². The van der Waals surface area contributed by atoms with Crippen molar-refractivity contribution in [3.05, 3.63) is 92.9 Å². The summed E-state index contributed by atoms with van der Waals surface area (Å²) in [6.45, 7) is 0.261. The van der Waals surface area contributed by atoms with Crippen LogP contribution in [0.15, 0.2) is 71.6 Å². The summed E-state index contributed by atoms with van der Waals surface area (Å²) in [5.41, 5.74) is 1.15. The van der Waals surface area contributed by atoms with Crippen molar-refractivity contribution >= 4 is 56.4 Å². The third-order valence-electron chi connectivity index (χ3n) is 3.97. The van der Waals surface area contributed by atoms with E-state index in [1.54, 1.807) is 36.4 Å². The van der Waals surface area contributed by atoms with Crippen LogP contribution in [-0.4, -0.2) is 14.3 Å². The van der Waals surface area contributed by atoms with Gasteiger partial charge in [-0.2, -0.15) is 0 Å². The number of carbonyl (C=O) groups excluding carboxylic acids is 1. The average Bonchev–Trinajstić information content (AvgIpc) is 2.69. The second-order valence-electron chi connectivity index (χ2n) is 6.03. The first kappa shape index (κ1) is 21.5. The third kappa shape index (κ3) is 5.42. The van der Waals surface area contributed by atoms with Gasteiger partial charge >= 0.3 is 0 Å². The zero-order valence-corrected chi connectivity index (χ0v) is 17.9. The van der Waals surface area contributed by atoms with E-state index in [0.29, 0.717) is 5.02 Å². The molecule has 9 heteroatoms.